The summed E-state index contributed by atoms with van der Waals surface area (Å²) in [7, 11) is 0. The van der Waals surface area contributed by atoms with Crippen LogP contribution in [0.25, 0.3) is 0 Å². The van der Waals surface area contributed by atoms with Crippen LogP contribution in [-0.2, 0) is 4.74 Å². The molecule has 0 spiro atoms. The first-order valence-corrected chi connectivity index (χ1v) is 7.26. The normalized spacial score (nSPS) is 9.12. The van der Waals surface area contributed by atoms with E-state index in [0.29, 0.717) is 13.2 Å². The summed E-state index contributed by atoms with van der Waals surface area (Å²) in [5, 5.41) is 2.70. The molecule has 0 rings (SSSR count). The zero-order valence-corrected chi connectivity index (χ0v) is 12.0. The molecule has 92 valence electrons. The van der Waals surface area contributed by atoms with E-state index in [9.17, 15) is 4.79 Å². The van der Waals surface area contributed by atoms with Gasteiger partial charge in [0.15, 0.2) is 0 Å². The Labute approximate surface area is 112 Å². The maximum atomic E-state index is 11.1. The Balaban J connectivity index is 3.21. The van der Waals surface area contributed by atoms with Crippen molar-refractivity contribution in [2.24, 2.45) is 0 Å². The molecule has 0 aromatic rings. The fourth-order valence-corrected chi connectivity index (χ4v) is 1.30. The number of hydrogen-bond acceptors (Lipinski definition) is 2. The van der Waals surface area contributed by atoms with E-state index in [1.54, 1.807) is 0 Å². The van der Waals surface area contributed by atoms with Gasteiger partial charge >= 0.3 is 6.09 Å². The standard InChI is InChI=1S/C12H20INO2/c1-2-3-10-14-12(15)16-11-8-6-4-5-7-9-13/h2-4,6,8-11H2,1H3,(H,14,15). The largest absolute Gasteiger partial charge is 0.450 e. The van der Waals surface area contributed by atoms with Crippen LogP contribution in [0, 0.1) is 11.8 Å². The highest BCUT2D eigenvalue weighted by Gasteiger charge is 1.99. The molecule has 0 bridgehead atoms. The highest BCUT2D eigenvalue weighted by molar-refractivity contribution is 14.1. The SMILES string of the molecule is CCCCNC(=O)OCCCCC#CCI. The van der Waals surface area contributed by atoms with Gasteiger partial charge in [-0.2, -0.15) is 0 Å². The average Bonchev–Trinajstić information content (AvgIpc) is 2.28. The number of hydrogen-bond donors (Lipinski definition) is 1. The maximum absolute atomic E-state index is 11.1. The van der Waals surface area contributed by atoms with E-state index in [1.165, 1.54) is 0 Å². The fourth-order valence-electron chi connectivity index (χ4n) is 1.03. The minimum atomic E-state index is -0.299. The van der Waals surface area contributed by atoms with Gasteiger partial charge < -0.3 is 10.1 Å². The molecule has 0 fully saturated rings. The Hall–Kier alpha value is -0.440. The lowest BCUT2D eigenvalue weighted by Gasteiger charge is -2.05. The summed E-state index contributed by atoms with van der Waals surface area (Å²) in [4.78, 5) is 11.1. The Morgan fingerprint density at radius 1 is 1.31 bits per heavy atom. The third-order valence-electron chi connectivity index (χ3n) is 1.92. The van der Waals surface area contributed by atoms with Gasteiger partial charge in [0, 0.05) is 13.0 Å². The second-order valence-corrected chi connectivity index (χ2v) is 4.12. The van der Waals surface area contributed by atoms with Crippen molar-refractivity contribution in [1.29, 1.82) is 0 Å². The predicted molar refractivity (Wildman–Crippen MR) is 74.8 cm³/mol. The second-order valence-electron chi connectivity index (χ2n) is 3.36. The van der Waals surface area contributed by atoms with Crippen molar-refractivity contribution in [3.05, 3.63) is 0 Å². The minimum absolute atomic E-state index is 0.299. The zero-order valence-electron chi connectivity index (χ0n) is 9.85. The Morgan fingerprint density at radius 3 is 2.81 bits per heavy atom. The summed E-state index contributed by atoms with van der Waals surface area (Å²) in [5.74, 6) is 6.05. The number of alkyl carbamates (subject to hydrolysis) is 1. The molecule has 1 N–H and O–H groups in total. The van der Waals surface area contributed by atoms with Crippen molar-refractivity contribution in [1.82, 2.24) is 5.32 Å². The van der Waals surface area contributed by atoms with Crippen molar-refractivity contribution in [3.63, 3.8) is 0 Å². The van der Waals surface area contributed by atoms with Crippen LogP contribution in [0.15, 0.2) is 0 Å². The molecule has 0 unspecified atom stereocenters. The monoisotopic (exact) mass is 337 g/mol. The Morgan fingerprint density at radius 2 is 2.12 bits per heavy atom. The van der Waals surface area contributed by atoms with Crippen LogP contribution in [0.1, 0.15) is 39.0 Å². The molecule has 0 atom stereocenters. The third kappa shape index (κ3) is 11.6. The molecule has 1 amide bonds. The fraction of sp³-hybridized carbons (Fsp3) is 0.750. The first-order valence-electron chi connectivity index (χ1n) is 5.73. The highest BCUT2D eigenvalue weighted by atomic mass is 127. The van der Waals surface area contributed by atoms with Crippen LogP contribution < -0.4 is 5.32 Å². The average molecular weight is 337 g/mol. The Bertz CT molecular complexity index is 233. The van der Waals surface area contributed by atoms with Gasteiger partial charge in [0.1, 0.15) is 0 Å². The molecule has 0 heterocycles. The molecular weight excluding hydrogens is 317 g/mol. The molecule has 0 saturated carbocycles. The highest BCUT2D eigenvalue weighted by Crippen LogP contribution is 1.95. The molecule has 4 heteroatoms. The maximum Gasteiger partial charge on any atom is 0.407 e. The molecule has 0 aliphatic carbocycles. The summed E-state index contributed by atoms with van der Waals surface area (Å²) in [6.07, 6.45) is 4.55. The first-order chi connectivity index (χ1) is 7.81. The molecular formula is C12H20INO2. The van der Waals surface area contributed by atoms with E-state index in [-0.39, 0.29) is 6.09 Å². The number of ether oxygens (including phenoxy) is 1. The lowest BCUT2D eigenvalue weighted by Crippen LogP contribution is -2.25. The van der Waals surface area contributed by atoms with Crippen LogP contribution in [0.4, 0.5) is 4.79 Å². The molecule has 0 aliphatic heterocycles. The van der Waals surface area contributed by atoms with Crippen molar-refractivity contribution in [3.8, 4) is 11.8 Å². The van der Waals surface area contributed by atoms with Crippen molar-refractivity contribution >= 4 is 28.7 Å². The van der Waals surface area contributed by atoms with Gasteiger partial charge in [-0.25, -0.2) is 4.79 Å². The summed E-state index contributed by atoms with van der Waals surface area (Å²) in [6, 6.07) is 0. The van der Waals surface area contributed by atoms with E-state index in [0.717, 1.165) is 36.5 Å². The van der Waals surface area contributed by atoms with Crippen LogP contribution in [0.5, 0.6) is 0 Å². The summed E-state index contributed by atoms with van der Waals surface area (Å²) >= 11 is 2.23. The number of halogens is 1. The van der Waals surface area contributed by atoms with E-state index in [4.69, 9.17) is 4.74 Å². The van der Waals surface area contributed by atoms with Gasteiger partial charge in [0.2, 0.25) is 0 Å². The number of rotatable bonds is 7. The van der Waals surface area contributed by atoms with Crippen LogP contribution in [0.2, 0.25) is 0 Å². The number of carbonyl (C=O) groups is 1. The van der Waals surface area contributed by atoms with Crippen LogP contribution in [0.3, 0.4) is 0 Å². The van der Waals surface area contributed by atoms with Crippen LogP contribution >= 0.6 is 22.6 Å². The third-order valence-corrected chi connectivity index (χ3v) is 2.30. The summed E-state index contributed by atoms with van der Waals surface area (Å²) in [5.41, 5.74) is 0. The second kappa shape index (κ2) is 12.6. The molecule has 16 heavy (non-hydrogen) atoms. The number of unbranched alkanes of at least 4 members (excludes halogenated alkanes) is 3. The number of nitrogens with one attached hydrogen (secondary N) is 1. The molecule has 0 aromatic carbocycles. The summed E-state index contributed by atoms with van der Waals surface area (Å²) in [6.45, 7) is 3.28. The number of amides is 1. The predicted octanol–water partition coefficient (Wildman–Crippen LogP) is 3.12. The number of carbonyl (C=O) groups excluding carboxylic acids is 1. The zero-order chi connectivity index (χ0) is 12.1. The van der Waals surface area contributed by atoms with Crippen molar-refractivity contribution in [2.75, 3.05) is 17.6 Å². The summed E-state index contributed by atoms with van der Waals surface area (Å²) < 4.78 is 5.88. The first kappa shape index (κ1) is 15.6. The Kier molecular flexibility index (Phi) is 12.3. The van der Waals surface area contributed by atoms with E-state index >= 15 is 0 Å². The van der Waals surface area contributed by atoms with Gasteiger partial charge in [-0.1, -0.05) is 41.9 Å². The van der Waals surface area contributed by atoms with Crippen molar-refractivity contribution in [2.45, 2.75) is 39.0 Å². The smallest absolute Gasteiger partial charge is 0.407 e. The molecule has 0 aliphatic rings. The van der Waals surface area contributed by atoms with Gasteiger partial charge in [-0.15, -0.1) is 5.92 Å². The minimum Gasteiger partial charge on any atom is -0.450 e. The van der Waals surface area contributed by atoms with Crippen molar-refractivity contribution < 1.29 is 9.53 Å². The molecule has 3 nitrogen and oxygen atoms in total. The molecule has 0 radical (unpaired) electrons. The molecule has 0 saturated heterocycles. The van der Waals surface area contributed by atoms with Gasteiger partial charge in [0.25, 0.3) is 0 Å². The molecule has 0 aromatic heterocycles. The quantitative estimate of drug-likeness (QED) is 0.336. The topological polar surface area (TPSA) is 38.3 Å². The van der Waals surface area contributed by atoms with Gasteiger partial charge in [-0.3, -0.25) is 0 Å². The number of alkyl halides is 1. The lowest BCUT2D eigenvalue weighted by molar-refractivity contribution is 0.144. The van der Waals surface area contributed by atoms with Gasteiger partial charge in [0.05, 0.1) is 11.0 Å². The lowest BCUT2D eigenvalue weighted by atomic mass is 10.2. The van der Waals surface area contributed by atoms with Crippen LogP contribution in [-0.4, -0.2) is 23.7 Å². The van der Waals surface area contributed by atoms with E-state index in [1.807, 2.05) is 0 Å². The van der Waals surface area contributed by atoms with E-state index in [2.05, 4.69) is 46.7 Å². The van der Waals surface area contributed by atoms with Gasteiger partial charge in [-0.05, 0) is 19.3 Å². The van der Waals surface area contributed by atoms with E-state index < -0.39 is 0 Å².